The van der Waals surface area contributed by atoms with E-state index in [9.17, 15) is 0 Å². The molecule has 1 rings (SSSR count). The molecule has 0 aliphatic rings. The zero-order valence-electron chi connectivity index (χ0n) is 8.66. The Bertz CT molecular complexity index is 321. The Morgan fingerprint density at radius 3 is 2.86 bits per heavy atom. The van der Waals surface area contributed by atoms with Gasteiger partial charge in [0.2, 0.25) is 0 Å². The second-order valence-corrected chi connectivity index (χ2v) is 3.15. The average molecular weight is 192 g/mol. The number of hydrazone groups is 1. The van der Waals surface area contributed by atoms with Gasteiger partial charge >= 0.3 is 0 Å². The van der Waals surface area contributed by atoms with Crippen LogP contribution in [-0.4, -0.2) is 12.8 Å². The Morgan fingerprint density at radius 1 is 1.50 bits per heavy atom. The molecule has 0 saturated heterocycles. The minimum Gasteiger partial charge on any atom is -0.493 e. The quantitative estimate of drug-likeness (QED) is 0.451. The fraction of sp³-hybridized carbons (Fsp3) is 0.364. The molecule has 0 unspecified atom stereocenters. The van der Waals surface area contributed by atoms with Gasteiger partial charge in [-0.15, -0.1) is 0 Å². The molecule has 0 heterocycles. The first-order chi connectivity index (χ1) is 6.77. The SMILES string of the molecule is CCCOc1ccc(C=NN)cc1C. The van der Waals surface area contributed by atoms with Crippen molar-refractivity contribution in [2.45, 2.75) is 20.3 Å². The van der Waals surface area contributed by atoms with E-state index < -0.39 is 0 Å². The van der Waals surface area contributed by atoms with Gasteiger partial charge in [-0.05, 0) is 42.7 Å². The molecule has 2 N–H and O–H groups in total. The van der Waals surface area contributed by atoms with E-state index in [1.807, 2.05) is 25.1 Å². The Hall–Kier alpha value is -1.51. The number of hydrogen-bond donors (Lipinski definition) is 1. The zero-order chi connectivity index (χ0) is 10.4. The minimum atomic E-state index is 0.755. The standard InChI is InChI=1S/C11H16N2O/c1-3-6-14-11-5-4-10(8-13-12)7-9(11)2/h4-5,7-8H,3,6,12H2,1-2H3. The summed E-state index contributed by atoms with van der Waals surface area (Å²) in [6, 6.07) is 5.89. The van der Waals surface area contributed by atoms with Gasteiger partial charge in [-0.2, -0.15) is 5.10 Å². The van der Waals surface area contributed by atoms with Gasteiger partial charge in [-0.3, -0.25) is 0 Å². The molecule has 0 spiro atoms. The van der Waals surface area contributed by atoms with E-state index in [2.05, 4.69) is 12.0 Å². The van der Waals surface area contributed by atoms with E-state index >= 15 is 0 Å². The van der Waals surface area contributed by atoms with Crippen molar-refractivity contribution in [2.24, 2.45) is 10.9 Å². The third kappa shape index (κ3) is 2.76. The molecule has 0 radical (unpaired) electrons. The molecule has 0 fully saturated rings. The van der Waals surface area contributed by atoms with Crippen molar-refractivity contribution in [3.63, 3.8) is 0 Å². The van der Waals surface area contributed by atoms with E-state index in [1.165, 1.54) is 0 Å². The molecule has 0 bridgehead atoms. The maximum absolute atomic E-state index is 5.54. The lowest BCUT2D eigenvalue weighted by Gasteiger charge is -2.07. The Kier molecular flexibility index (Phi) is 3.98. The molecule has 0 amide bonds. The predicted molar refractivity (Wildman–Crippen MR) is 58.7 cm³/mol. The van der Waals surface area contributed by atoms with Gasteiger partial charge in [0.1, 0.15) is 5.75 Å². The van der Waals surface area contributed by atoms with Gasteiger partial charge in [-0.25, -0.2) is 0 Å². The van der Waals surface area contributed by atoms with Crippen LogP contribution in [0.1, 0.15) is 24.5 Å². The first-order valence-electron chi connectivity index (χ1n) is 4.74. The van der Waals surface area contributed by atoms with E-state index in [4.69, 9.17) is 10.6 Å². The second-order valence-electron chi connectivity index (χ2n) is 3.15. The molecule has 0 aliphatic carbocycles. The Morgan fingerprint density at radius 2 is 2.29 bits per heavy atom. The summed E-state index contributed by atoms with van der Waals surface area (Å²) in [4.78, 5) is 0. The number of aryl methyl sites for hydroxylation is 1. The van der Waals surface area contributed by atoms with Crippen molar-refractivity contribution in [3.8, 4) is 5.75 Å². The van der Waals surface area contributed by atoms with Crippen molar-refractivity contribution < 1.29 is 4.74 Å². The predicted octanol–water partition coefficient (Wildman–Crippen LogP) is 2.08. The summed E-state index contributed by atoms with van der Waals surface area (Å²) >= 11 is 0. The number of nitrogens with zero attached hydrogens (tertiary/aromatic N) is 1. The number of benzene rings is 1. The highest BCUT2D eigenvalue weighted by Crippen LogP contribution is 2.18. The summed E-state index contributed by atoms with van der Waals surface area (Å²) in [6.45, 7) is 4.86. The highest BCUT2D eigenvalue weighted by atomic mass is 16.5. The molecular weight excluding hydrogens is 176 g/mol. The number of ether oxygens (including phenoxy) is 1. The van der Waals surface area contributed by atoms with Crippen LogP contribution in [0.2, 0.25) is 0 Å². The highest BCUT2D eigenvalue weighted by molar-refractivity contribution is 5.80. The largest absolute Gasteiger partial charge is 0.493 e. The fourth-order valence-corrected chi connectivity index (χ4v) is 1.21. The molecule has 1 aromatic carbocycles. The zero-order valence-corrected chi connectivity index (χ0v) is 8.66. The van der Waals surface area contributed by atoms with Crippen LogP contribution >= 0.6 is 0 Å². The smallest absolute Gasteiger partial charge is 0.122 e. The molecule has 14 heavy (non-hydrogen) atoms. The van der Waals surface area contributed by atoms with E-state index in [0.29, 0.717) is 0 Å². The number of nitrogens with two attached hydrogens (primary N) is 1. The van der Waals surface area contributed by atoms with Crippen molar-refractivity contribution in [3.05, 3.63) is 29.3 Å². The normalized spacial score (nSPS) is 10.7. The first-order valence-corrected chi connectivity index (χ1v) is 4.74. The van der Waals surface area contributed by atoms with Gasteiger partial charge in [-0.1, -0.05) is 6.92 Å². The molecule has 0 saturated carbocycles. The molecule has 1 aromatic rings. The van der Waals surface area contributed by atoms with E-state index in [1.54, 1.807) is 6.21 Å². The highest BCUT2D eigenvalue weighted by Gasteiger charge is 1.99. The summed E-state index contributed by atoms with van der Waals surface area (Å²) < 4.78 is 5.54. The summed E-state index contributed by atoms with van der Waals surface area (Å²) in [7, 11) is 0. The maximum Gasteiger partial charge on any atom is 0.122 e. The van der Waals surface area contributed by atoms with Gasteiger partial charge in [0.25, 0.3) is 0 Å². The third-order valence-corrected chi connectivity index (χ3v) is 1.88. The van der Waals surface area contributed by atoms with Crippen molar-refractivity contribution >= 4 is 6.21 Å². The van der Waals surface area contributed by atoms with Crippen LogP contribution < -0.4 is 10.6 Å². The first kappa shape index (κ1) is 10.6. The lowest BCUT2D eigenvalue weighted by molar-refractivity contribution is 0.315. The topological polar surface area (TPSA) is 47.6 Å². The molecular formula is C11H16N2O. The molecule has 76 valence electrons. The number of rotatable bonds is 4. The van der Waals surface area contributed by atoms with Gasteiger partial charge in [0, 0.05) is 0 Å². The van der Waals surface area contributed by atoms with Crippen LogP contribution in [0, 0.1) is 6.92 Å². The fourth-order valence-electron chi connectivity index (χ4n) is 1.21. The Balaban J connectivity index is 2.79. The summed E-state index contributed by atoms with van der Waals surface area (Å²) in [6.07, 6.45) is 2.64. The van der Waals surface area contributed by atoms with Crippen LogP contribution in [0.5, 0.6) is 5.75 Å². The van der Waals surface area contributed by atoms with Gasteiger partial charge < -0.3 is 10.6 Å². The van der Waals surface area contributed by atoms with Crippen LogP contribution in [0.15, 0.2) is 23.3 Å². The molecule has 0 aromatic heterocycles. The molecule has 0 atom stereocenters. The lowest BCUT2D eigenvalue weighted by Crippen LogP contribution is -1.97. The third-order valence-electron chi connectivity index (χ3n) is 1.88. The van der Waals surface area contributed by atoms with Crippen LogP contribution in [0.4, 0.5) is 0 Å². The molecule has 3 nitrogen and oxygen atoms in total. The lowest BCUT2D eigenvalue weighted by atomic mass is 10.1. The van der Waals surface area contributed by atoms with Gasteiger partial charge in [0.05, 0.1) is 12.8 Å². The van der Waals surface area contributed by atoms with Crippen LogP contribution in [0.25, 0.3) is 0 Å². The average Bonchev–Trinajstić information content (AvgIpc) is 2.17. The minimum absolute atomic E-state index is 0.755. The van der Waals surface area contributed by atoms with Crippen molar-refractivity contribution in [1.29, 1.82) is 0 Å². The van der Waals surface area contributed by atoms with E-state index in [0.717, 1.165) is 29.9 Å². The van der Waals surface area contributed by atoms with Crippen LogP contribution in [0.3, 0.4) is 0 Å². The van der Waals surface area contributed by atoms with Crippen molar-refractivity contribution in [1.82, 2.24) is 0 Å². The van der Waals surface area contributed by atoms with Crippen molar-refractivity contribution in [2.75, 3.05) is 6.61 Å². The molecule has 3 heteroatoms. The summed E-state index contributed by atoms with van der Waals surface area (Å²) in [5.74, 6) is 6.00. The summed E-state index contributed by atoms with van der Waals surface area (Å²) in [5, 5.41) is 3.47. The Labute approximate surface area is 84.6 Å². The monoisotopic (exact) mass is 192 g/mol. The second kappa shape index (κ2) is 5.27. The summed E-state index contributed by atoms with van der Waals surface area (Å²) in [5.41, 5.74) is 2.10. The van der Waals surface area contributed by atoms with Crippen LogP contribution in [-0.2, 0) is 0 Å². The maximum atomic E-state index is 5.54. The number of hydrogen-bond acceptors (Lipinski definition) is 3. The van der Waals surface area contributed by atoms with E-state index in [-0.39, 0.29) is 0 Å². The van der Waals surface area contributed by atoms with Gasteiger partial charge in [0.15, 0.2) is 0 Å². The molecule has 0 aliphatic heterocycles.